The van der Waals surface area contributed by atoms with Crippen LogP contribution in [0.3, 0.4) is 0 Å². The summed E-state index contributed by atoms with van der Waals surface area (Å²) >= 11 is 0. The van der Waals surface area contributed by atoms with E-state index in [-0.39, 0.29) is 11.9 Å². The van der Waals surface area contributed by atoms with E-state index in [1.165, 1.54) is 0 Å². The molecule has 116 valence electrons. The smallest absolute Gasteiger partial charge is 0.287 e. The minimum atomic E-state index is -0.271. The van der Waals surface area contributed by atoms with Crippen molar-refractivity contribution in [1.82, 2.24) is 0 Å². The van der Waals surface area contributed by atoms with Gasteiger partial charge in [0, 0.05) is 17.3 Å². The number of carbonyl (C=O) groups excluding carboxylic acids is 1. The van der Waals surface area contributed by atoms with E-state index >= 15 is 0 Å². The highest BCUT2D eigenvalue weighted by Gasteiger charge is 2.25. The molecule has 2 aromatic carbocycles. The summed E-state index contributed by atoms with van der Waals surface area (Å²) in [7, 11) is 1.61. The van der Waals surface area contributed by atoms with E-state index in [9.17, 15) is 4.79 Å². The maximum absolute atomic E-state index is 12.7. The van der Waals surface area contributed by atoms with Crippen LogP contribution in [0, 0.1) is 0 Å². The lowest BCUT2D eigenvalue weighted by Crippen LogP contribution is -2.91. The van der Waals surface area contributed by atoms with Gasteiger partial charge in [-0.25, -0.2) is 0 Å². The van der Waals surface area contributed by atoms with E-state index in [1.54, 1.807) is 7.11 Å². The molecule has 0 radical (unpaired) electrons. The molecule has 22 heavy (non-hydrogen) atoms. The Hall–Kier alpha value is -2.33. The maximum atomic E-state index is 12.7. The Kier molecular flexibility index (Phi) is 5.55. The molecule has 4 nitrogen and oxygen atoms in total. The van der Waals surface area contributed by atoms with Crippen molar-refractivity contribution in [2.24, 2.45) is 0 Å². The first-order valence-electron chi connectivity index (χ1n) is 7.45. The summed E-state index contributed by atoms with van der Waals surface area (Å²) < 4.78 is 5.19. The van der Waals surface area contributed by atoms with Crippen LogP contribution in [0.4, 0.5) is 5.69 Å². The van der Waals surface area contributed by atoms with Crippen molar-refractivity contribution >= 4 is 11.6 Å². The predicted octanol–water partition coefficient (Wildman–Crippen LogP) is 2.35. The molecule has 3 N–H and O–H groups in total. The van der Waals surface area contributed by atoms with Gasteiger partial charge in [-0.2, -0.15) is 0 Å². The molecule has 0 unspecified atom stereocenters. The number of anilines is 1. The second-order valence-corrected chi connectivity index (χ2v) is 5.55. The van der Waals surface area contributed by atoms with Gasteiger partial charge in [-0.05, 0) is 26.0 Å². The van der Waals surface area contributed by atoms with E-state index in [2.05, 4.69) is 24.5 Å². The third kappa shape index (κ3) is 4.33. The summed E-state index contributed by atoms with van der Waals surface area (Å²) in [6.45, 7) is 4.16. The van der Waals surface area contributed by atoms with E-state index in [1.807, 2.05) is 54.6 Å². The Morgan fingerprint density at radius 1 is 1.09 bits per heavy atom. The zero-order chi connectivity index (χ0) is 15.9. The molecule has 4 heteroatoms. The summed E-state index contributed by atoms with van der Waals surface area (Å²) in [5.74, 6) is 0.690. The molecule has 1 atom stereocenters. The van der Waals surface area contributed by atoms with E-state index in [0.29, 0.717) is 6.04 Å². The van der Waals surface area contributed by atoms with Gasteiger partial charge < -0.3 is 15.4 Å². The number of benzene rings is 2. The molecular weight excluding hydrogens is 276 g/mol. The fraction of sp³-hybridized carbons (Fsp3) is 0.278. The van der Waals surface area contributed by atoms with Crippen LogP contribution >= 0.6 is 0 Å². The van der Waals surface area contributed by atoms with E-state index < -0.39 is 0 Å². The summed E-state index contributed by atoms with van der Waals surface area (Å²) in [5.41, 5.74) is 1.74. The largest absolute Gasteiger partial charge is 0.497 e. The van der Waals surface area contributed by atoms with Crippen LogP contribution in [-0.4, -0.2) is 19.1 Å². The number of hydrogen-bond donors (Lipinski definition) is 2. The van der Waals surface area contributed by atoms with Crippen molar-refractivity contribution < 1.29 is 14.8 Å². The van der Waals surface area contributed by atoms with Crippen LogP contribution in [0.15, 0.2) is 54.6 Å². The minimum Gasteiger partial charge on any atom is -0.497 e. The Labute approximate surface area is 131 Å². The number of ether oxygens (including phenoxy) is 1. The number of carbonyl (C=O) groups is 1. The monoisotopic (exact) mass is 299 g/mol. The third-order valence-corrected chi connectivity index (χ3v) is 3.36. The van der Waals surface area contributed by atoms with Crippen molar-refractivity contribution in [3.8, 4) is 5.75 Å². The molecule has 0 saturated carbocycles. The molecule has 2 aromatic rings. The molecule has 0 aromatic heterocycles. The molecule has 0 saturated heterocycles. The van der Waals surface area contributed by atoms with Gasteiger partial charge >= 0.3 is 0 Å². The third-order valence-electron chi connectivity index (χ3n) is 3.36. The predicted molar refractivity (Wildman–Crippen MR) is 87.9 cm³/mol. The molecule has 1 amide bonds. The van der Waals surface area contributed by atoms with Gasteiger partial charge in [-0.1, -0.05) is 36.4 Å². The molecule has 0 bridgehead atoms. The first-order valence-corrected chi connectivity index (χ1v) is 7.45. The lowest BCUT2D eigenvalue weighted by molar-refractivity contribution is -0.709. The van der Waals surface area contributed by atoms with E-state index in [4.69, 9.17) is 4.74 Å². The summed E-state index contributed by atoms with van der Waals surface area (Å²) in [6, 6.07) is 17.3. The van der Waals surface area contributed by atoms with Crippen LogP contribution in [0.2, 0.25) is 0 Å². The highest BCUT2D eigenvalue weighted by Crippen LogP contribution is 2.18. The highest BCUT2D eigenvalue weighted by atomic mass is 16.5. The molecule has 0 fully saturated rings. The van der Waals surface area contributed by atoms with Crippen LogP contribution in [0.25, 0.3) is 0 Å². The van der Waals surface area contributed by atoms with Gasteiger partial charge in [-0.3, -0.25) is 4.79 Å². The molecule has 0 aliphatic rings. The first kappa shape index (κ1) is 16.0. The van der Waals surface area contributed by atoms with Crippen LogP contribution < -0.4 is 15.4 Å². The number of hydrogen-bond acceptors (Lipinski definition) is 2. The molecular formula is C18H23N2O2+. The van der Waals surface area contributed by atoms with Crippen molar-refractivity contribution in [3.05, 3.63) is 60.2 Å². The summed E-state index contributed by atoms with van der Waals surface area (Å²) in [4.78, 5) is 12.7. The number of nitrogens with two attached hydrogens (primary N) is 1. The minimum absolute atomic E-state index is 0.0341. The van der Waals surface area contributed by atoms with Crippen molar-refractivity contribution in [1.29, 1.82) is 0 Å². The van der Waals surface area contributed by atoms with Gasteiger partial charge in [0.05, 0.1) is 13.2 Å². The van der Waals surface area contributed by atoms with Crippen molar-refractivity contribution in [2.45, 2.75) is 25.9 Å². The zero-order valence-corrected chi connectivity index (χ0v) is 13.2. The number of amides is 1. The number of rotatable bonds is 6. The summed E-state index contributed by atoms with van der Waals surface area (Å²) in [5, 5.41) is 5.03. The first-order chi connectivity index (χ1) is 10.6. The fourth-order valence-corrected chi connectivity index (χ4v) is 2.32. The standard InChI is InChI=1S/C18H22N2O2/c1-13(2)19-17(14-8-5-4-6-9-14)18(21)20-15-10-7-11-16(12-15)22-3/h4-13,17,19H,1-3H3,(H,20,21)/p+1/t17-/m0/s1. The second kappa shape index (κ2) is 7.61. The van der Waals surface area contributed by atoms with Crippen molar-refractivity contribution in [3.63, 3.8) is 0 Å². The lowest BCUT2D eigenvalue weighted by Gasteiger charge is -2.18. The number of methoxy groups -OCH3 is 1. The normalized spacial score (nSPS) is 12.0. The molecule has 2 rings (SSSR count). The quantitative estimate of drug-likeness (QED) is 0.860. The zero-order valence-electron chi connectivity index (χ0n) is 13.2. The topological polar surface area (TPSA) is 54.9 Å². The SMILES string of the molecule is COc1cccc(NC(=O)[C@@H]([NH2+]C(C)C)c2ccccc2)c1. The van der Waals surface area contributed by atoms with Gasteiger partial charge in [0.15, 0.2) is 6.04 Å². The fourth-order valence-electron chi connectivity index (χ4n) is 2.32. The summed E-state index contributed by atoms with van der Waals surface area (Å²) in [6.07, 6.45) is 0. The van der Waals surface area contributed by atoms with Gasteiger partial charge in [0.1, 0.15) is 5.75 Å². The van der Waals surface area contributed by atoms with Crippen LogP contribution in [0.5, 0.6) is 5.75 Å². The van der Waals surface area contributed by atoms with E-state index in [0.717, 1.165) is 17.0 Å². The second-order valence-electron chi connectivity index (χ2n) is 5.55. The number of nitrogens with one attached hydrogen (secondary N) is 1. The van der Waals surface area contributed by atoms with Gasteiger partial charge in [0.2, 0.25) is 0 Å². The number of quaternary nitrogens is 1. The molecule has 0 aliphatic heterocycles. The Morgan fingerprint density at radius 2 is 1.82 bits per heavy atom. The Balaban J connectivity index is 2.18. The lowest BCUT2D eigenvalue weighted by atomic mass is 10.1. The Morgan fingerprint density at radius 3 is 2.45 bits per heavy atom. The maximum Gasteiger partial charge on any atom is 0.287 e. The Bertz CT molecular complexity index is 611. The average Bonchev–Trinajstić information content (AvgIpc) is 2.53. The van der Waals surface area contributed by atoms with Crippen LogP contribution in [0.1, 0.15) is 25.5 Å². The van der Waals surface area contributed by atoms with Crippen LogP contribution in [-0.2, 0) is 4.79 Å². The average molecular weight is 299 g/mol. The molecule has 0 aliphatic carbocycles. The van der Waals surface area contributed by atoms with Gasteiger partial charge in [-0.15, -0.1) is 0 Å². The van der Waals surface area contributed by atoms with Crippen molar-refractivity contribution in [2.75, 3.05) is 12.4 Å². The highest BCUT2D eigenvalue weighted by molar-refractivity contribution is 5.94. The molecule has 0 heterocycles. The van der Waals surface area contributed by atoms with Gasteiger partial charge in [0.25, 0.3) is 5.91 Å². The molecule has 0 spiro atoms.